The van der Waals surface area contributed by atoms with E-state index in [0.29, 0.717) is 5.75 Å². The first kappa shape index (κ1) is 14.1. The van der Waals surface area contributed by atoms with Crippen LogP contribution in [0.25, 0.3) is 0 Å². The summed E-state index contributed by atoms with van der Waals surface area (Å²) in [5, 5.41) is 0.835. The summed E-state index contributed by atoms with van der Waals surface area (Å²) in [4.78, 5) is 13.9. The van der Waals surface area contributed by atoms with Crippen LogP contribution in [0.1, 0.15) is 17.9 Å². The van der Waals surface area contributed by atoms with E-state index in [1.54, 1.807) is 11.8 Å². The summed E-state index contributed by atoms with van der Waals surface area (Å²) in [5.41, 5.74) is 1.05. The number of carbonyl (C=O) groups excluding carboxylic acids is 1. The molecule has 1 atom stereocenters. The van der Waals surface area contributed by atoms with E-state index in [9.17, 15) is 4.79 Å². The maximum absolute atomic E-state index is 11.9. The number of rotatable bonds is 5. The van der Waals surface area contributed by atoms with Gasteiger partial charge in [0.25, 0.3) is 0 Å². The van der Waals surface area contributed by atoms with Crippen LogP contribution in [0.5, 0.6) is 0 Å². The fraction of sp³-hybridized carbons (Fsp3) is 0.462. The average molecular weight is 302 g/mol. The van der Waals surface area contributed by atoms with Gasteiger partial charge in [-0.3, -0.25) is 4.79 Å². The second-order valence-corrected chi connectivity index (χ2v) is 6.84. The summed E-state index contributed by atoms with van der Waals surface area (Å²) in [6.45, 7) is 2.94. The van der Waals surface area contributed by atoms with Gasteiger partial charge < -0.3 is 4.90 Å². The van der Waals surface area contributed by atoms with Gasteiger partial charge in [-0.05, 0) is 11.8 Å². The lowest BCUT2D eigenvalue weighted by atomic mass is 10.2. The molecule has 98 valence electrons. The van der Waals surface area contributed by atoms with Gasteiger partial charge in [-0.15, -0.1) is 11.8 Å². The summed E-state index contributed by atoms with van der Waals surface area (Å²) in [6, 6.07) is 7.80. The average Bonchev–Trinajstić information content (AvgIpc) is 2.72. The van der Waals surface area contributed by atoms with Gasteiger partial charge >= 0.3 is 0 Å². The topological polar surface area (TPSA) is 20.3 Å². The van der Waals surface area contributed by atoms with Crippen molar-refractivity contribution < 1.29 is 4.79 Å². The van der Waals surface area contributed by atoms with E-state index in [4.69, 9.17) is 11.6 Å². The summed E-state index contributed by atoms with van der Waals surface area (Å²) < 4.78 is 0. The molecular weight excluding hydrogens is 286 g/mol. The molecule has 2 rings (SSSR count). The number of amides is 1. The van der Waals surface area contributed by atoms with Crippen molar-refractivity contribution in [1.29, 1.82) is 0 Å². The van der Waals surface area contributed by atoms with E-state index in [0.717, 1.165) is 28.6 Å². The number of benzene rings is 1. The smallest absolute Gasteiger partial charge is 0.233 e. The lowest BCUT2D eigenvalue weighted by molar-refractivity contribution is -0.127. The molecule has 0 N–H and O–H groups in total. The molecule has 1 saturated heterocycles. The van der Waals surface area contributed by atoms with Crippen molar-refractivity contribution in [3.63, 3.8) is 0 Å². The maximum atomic E-state index is 11.9. The predicted octanol–water partition coefficient (Wildman–Crippen LogP) is 3.67. The highest BCUT2D eigenvalue weighted by Crippen LogP contribution is 2.41. The Labute approximate surface area is 121 Å². The van der Waals surface area contributed by atoms with E-state index >= 15 is 0 Å². The van der Waals surface area contributed by atoms with Gasteiger partial charge in [0.15, 0.2) is 0 Å². The molecule has 18 heavy (non-hydrogen) atoms. The molecule has 5 heteroatoms. The van der Waals surface area contributed by atoms with Gasteiger partial charge in [-0.1, -0.05) is 36.7 Å². The van der Waals surface area contributed by atoms with E-state index in [1.165, 1.54) is 0 Å². The number of hydrogen-bond donors (Lipinski definition) is 0. The Hall–Kier alpha value is -0.320. The van der Waals surface area contributed by atoms with Gasteiger partial charge in [-0.25, -0.2) is 0 Å². The van der Waals surface area contributed by atoms with Crippen molar-refractivity contribution in [3.05, 3.63) is 34.9 Å². The van der Waals surface area contributed by atoms with E-state index in [-0.39, 0.29) is 11.3 Å². The minimum atomic E-state index is 0.0867. The Morgan fingerprint density at radius 1 is 1.50 bits per heavy atom. The summed E-state index contributed by atoms with van der Waals surface area (Å²) in [6.07, 6.45) is 0. The van der Waals surface area contributed by atoms with E-state index < -0.39 is 0 Å². The van der Waals surface area contributed by atoms with E-state index in [2.05, 4.69) is 6.92 Å². The highest BCUT2D eigenvalue weighted by atomic mass is 35.5. The zero-order valence-electron chi connectivity index (χ0n) is 10.3. The summed E-state index contributed by atoms with van der Waals surface area (Å²) in [5.74, 6) is 2.86. The van der Waals surface area contributed by atoms with Crippen LogP contribution in [-0.2, 0) is 4.79 Å². The normalized spacial score (nSPS) is 19.6. The van der Waals surface area contributed by atoms with Crippen LogP contribution in [0.15, 0.2) is 24.3 Å². The molecule has 1 aliphatic heterocycles. The molecule has 0 bridgehead atoms. The van der Waals surface area contributed by atoms with Crippen LogP contribution in [0.3, 0.4) is 0 Å². The highest BCUT2D eigenvalue weighted by Gasteiger charge is 2.33. The first-order valence-corrected chi connectivity index (χ1v) is 8.55. The second kappa shape index (κ2) is 6.73. The molecule has 1 aromatic rings. The first-order chi connectivity index (χ1) is 8.74. The third-order valence-electron chi connectivity index (χ3n) is 2.82. The Morgan fingerprint density at radius 2 is 2.28 bits per heavy atom. The summed E-state index contributed by atoms with van der Waals surface area (Å²) in [7, 11) is 0. The maximum Gasteiger partial charge on any atom is 0.233 e. The zero-order valence-corrected chi connectivity index (χ0v) is 12.7. The third kappa shape index (κ3) is 3.16. The van der Waals surface area contributed by atoms with Crippen molar-refractivity contribution in [1.82, 2.24) is 4.90 Å². The van der Waals surface area contributed by atoms with Crippen molar-refractivity contribution in [2.75, 3.05) is 23.8 Å². The molecule has 1 aromatic carbocycles. The van der Waals surface area contributed by atoms with Gasteiger partial charge in [0.2, 0.25) is 5.91 Å². The zero-order chi connectivity index (χ0) is 13.0. The Kier molecular flexibility index (Phi) is 5.27. The molecule has 1 unspecified atom stereocenters. The van der Waals surface area contributed by atoms with Crippen molar-refractivity contribution in [2.24, 2.45) is 0 Å². The van der Waals surface area contributed by atoms with Crippen LogP contribution < -0.4 is 0 Å². The van der Waals surface area contributed by atoms with Crippen LogP contribution in [0.2, 0.25) is 5.02 Å². The minimum Gasteiger partial charge on any atom is -0.325 e. The highest BCUT2D eigenvalue weighted by molar-refractivity contribution is 8.00. The minimum absolute atomic E-state index is 0.0867. The molecule has 1 fully saturated rings. The van der Waals surface area contributed by atoms with Gasteiger partial charge in [0, 0.05) is 22.9 Å². The number of halogens is 1. The number of carbonyl (C=O) groups is 1. The fourth-order valence-corrected chi connectivity index (χ4v) is 4.11. The number of hydrogen-bond acceptors (Lipinski definition) is 3. The Morgan fingerprint density at radius 3 is 3.00 bits per heavy atom. The monoisotopic (exact) mass is 301 g/mol. The van der Waals surface area contributed by atoms with Crippen molar-refractivity contribution >= 4 is 41.0 Å². The lowest BCUT2D eigenvalue weighted by Gasteiger charge is -2.24. The molecule has 0 saturated carbocycles. The van der Waals surface area contributed by atoms with Gasteiger partial charge in [0.1, 0.15) is 5.37 Å². The molecular formula is C13H16ClNOS2. The first-order valence-electron chi connectivity index (χ1n) is 5.97. The lowest BCUT2D eigenvalue weighted by Crippen LogP contribution is -2.30. The summed E-state index contributed by atoms with van der Waals surface area (Å²) >= 11 is 9.75. The van der Waals surface area contributed by atoms with Gasteiger partial charge in [0.05, 0.1) is 5.75 Å². The molecule has 0 aromatic heterocycles. The standard InChI is InChI=1S/C13H16ClNOS2/c1-2-17-8-7-15-12(16)9-18-13(15)10-5-3-4-6-11(10)14/h3-6,13H,2,7-9H2,1H3. The van der Waals surface area contributed by atoms with Crippen LogP contribution in [0, 0.1) is 0 Å². The fourth-order valence-electron chi connectivity index (χ4n) is 1.94. The van der Waals surface area contributed by atoms with Crippen LogP contribution in [0.4, 0.5) is 0 Å². The number of nitrogens with zero attached hydrogens (tertiary/aromatic N) is 1. The quantitative estimate of drug-likeness (QED) is 0.774. The molecule has 1 amide bonds. The largest absolute Gasteiger partial charge is 0.325 e. The molecule has 0 spiro atoms. The van der Waals surface area contributed by atoms with Crippen LogP contribution in [-0.4, -0.2) is 34.6 Å². The Balaban J connectivity index is 2.11. The third-order valence-corrected chi connectivity index (χ3v) is 5.28. The van der Waals surface area contributed by atoms with Crippen molar-refractivity contribution in [2.45, 2.75) is 12.3 Å². The van der Waals surface area contributed by atoms with Crippen molar-refractivity contribution in [3.8, 4) is 0 Å². The van der Waals surface area contributed by atoms with E-state index in [1.807, 2.05) is 40.9 Å². The number of thioether (sulfide) groups is 2. The molecule has 2 nitrogen and oxygen atoms in total. The predicted molar refractivity (Wildman–Crippen MR) is 81.4 cm³/mol. The Bertz CT molecular complexity index is 427. The molecule has 1 heterocycles. The second-order valence-electron chi connectivity index (χ2n) is 3.97. The molecule has 0 aliphatic carbocycles. The SMILES string of the molecule is CCSCCN1C(=O)CSC1c1ccccc1Cl. The van der Waals surface area contributed by atoms with Gasteiger partial charge in [-0.2, -0.15) is 11.8 Å². The molecule has 0 radical (unpaired) electrons. The van der Waals surface area contributed by atoms with Crippen LogP contribution >= 0.6 is 35.1 Å². The molecule has 1 aliphatic rings.